The van der Waals surface area contributed by atoms with E-state index in [1.807, 2.05) is 4.90 Å². The number of hydrogen-bond acceptors (Lipinski definition) is 8. The van der Waals surface area contributed by atoms with Crippen LogP contribution in [0.15, 0.2) is 11.0 Å². The van der Waals surface area contributed by atoms with Crippen molar-refractivity contribution in [3.05, 3.63) is 22.1 Å². The molecule has 0 bridgehead atoms. The second-order valence-electron chi connectivity index (χ2n) is 12.9. The quantitative estimate of drug-likeness (QED) is 0.211. The van der Waals surface area contributed by atoms with Gasteiger partial charge in [-0.25, -0.2) is 10.00 Å². The number of hydrogen-bond donors (Lipinski definition) is 5. The number of aromatic nitrogens is 2. The van der Waals surface area contributed by atoms with Gasteiger partial charge in [-0.15, -0.1) is 0 Å². The van der Waals surface area contributed by atoms with Crippen LogP contribution in [0.1, 0.15) is 63.9 Å². The Labute approximate surface area is 264 Å². The van der Waals surface area contributed by atoms with E-state index >= 15 is 0 Å². The predicted molar refractivity (Wildman–Crippen MR) is 156 cm³/mol. The van der Waals surface area contributed by atoms with Crippen LogP contribution in [0.3, 0.4) is 0 Å². The number of nitrogens with zero attached hydrogens (tertiary/aromatic N) is 3. The number of rotatable bonds is 8. The molecule has 1 spiro atoms. The van der Waals surface area contributed by atoms with Crippen molar-refractivity contribution in [3.8, 4) is 0 Å². The predicted octanol–water partition coefficient (Wildman–Crippen LogP) is 2.78. The molecule has 2 unspecified atom stereocenters. The van der Waals surface area contributed by atoms with Crippen molar-refractivity contribution in [3.63, 3.8) is 0 Å². The first-order valence-electron chi connectivity index (χ1n) is 16.1. The summed E-state index contributed by atoms with van der Waals surface area (Å²) in [6.07, 6.45) is -2.35. The average molecular weight is 671 g/mol. The molecular weight excluding hydrogens is 624 g/mol. The number of piperidine rings is 1. The molecule has 3 aliphatic heterocycles. The molecule has 46 heavy (non-hydrogen) atoms. The summed E-state index contributed by atoms with van der Waals surface area (Å²) in [5.41, 5.74) is -3.32. The number of anilines is 1. The largest absolute Gasteiger partial charge is 0.423 e. The zero-order valence-electron chi connectivity index (χ0n) is 26.1. The zero-order chi connectivity index (χ0) is 33.5. The number of H-pyrrole nitrogens is 1. The molecule has 3 aliphatic rings. The first-order chi connectivity index (χ1) is 21.7. The second-order valence-corrected chi connectivity index (χ2v) is 12.9. The molecule has 17 heteroatoms. The summed E-state index contributed by atoms with van der Waals surface area (Å²) in [5.74, 6) is -1.97. The number of aromatic amines is 1. The highest BCUT2D eigenvalue weighted by Crippen LogP contribution is 2.36. The van der Waals surface area contributed by atoms with E-state index in [1.165, 1.54) is 6.92 Å². The van der Waals surface area contributed by atoms with Crippen LogP contribution in [0.25, 0.3) is 0 Å². The minimum Gasteiger partial charge on any atom is -0.390 e. The summed E-state index contributed by atoms with van der Waals surface area (Å²) in [4.78, 5) is 26.3. The Balaban J connectivity index is 1.30. The van der Waals surface area contributed by atoms with Gasteiger partial charge in [0.1, 0.15) is 18.1 Å². The molecule has 1 amide bonds. The van der Waals surface area contributed by atoms with Gasteiger partial charge in [0, 0.05) is 25.7 Å². The molecule has 262 valence electrons. The van der Waals surface area contributed by atoms with E-state index in [0.717, 1.165) is 51.1 Å². The molecule has 5 N–H and O–H groups in total. The van der Waals surface area contributed by atoms with Gasteiger partial charge in [-0.05, 0) is 39.0 Å². The van der Waals surface area contributed by atoms with Gasteiger partial charge < -0.3 is 20.5 Å². The van der Waals surface area contributed by atoms with Crippen LogP contribution in [0.5, 0.6) is 0 Å². The fraction of sp³-hybridized carbons (Fsp3) is 0.828. The third-order valence-electron chi connectivity index (χ3n) is 9.27. The van der Waals surface area contributed by atoms with Crippen LogP contribution in [-0.4, -0.2) is 114 Å². The lowest BCUT2D eigenvalue weighted by Crippen LogP contribution is -2.76. The number of aliphatic hydroxyl groups is 1. The lowest BCUT2D eigenvalue weighted by Gasteiger charge is -2.55. The Morgan fingerprint density at radius 2 is 1.78 bits per heavy atom. The fourth-order valence-electron chi connectivity index (χ4n) is 7.04. The van der Waals surface area contributed by atoms with Crippen molar-refractivity contribution in [2.24, 2.45) is 5.92 Å². The van der Waals surface area contributed by atoms with Crippen molar-refractivity contribution in [1.82, 2.24) is 25.7 Å². The van der Waals surface area contributed by atoms with Gasteiger partial charge in [0.05, 0.1) is 50.3 Å². The topological polar surface area (TPSA) is 132 Å². The fourth-order valence-corrected chi connectivity index (χ4v) is 7.04. The number of ether oxygens (including phenoxy) is 1. The number of alkyl halides is 6. The van der Waals surface area contributed by atoms with Gasteiger partial charge in [0.15, 0.2) is 0 Å². The summed E-state index contributed by atoms with van der Waals surface area (Å²) >= 11 is 0. The molecule has 3 saturated heterocycles. The van der Waals surface area contributed by atoms with Gasteiger partial charge >= 0.3 is 12.4 Å². The van der Waals surface area contributed by atoms with E-state index in [2.05, 4.69) is 21.0 Å². The molecule has 0 radical (unpaired) electrons. The van der Waals surface area contributed by atoms with Gasteiger partial charge in [-0.2, -0.15) is 31.4 Å². The number of aliphatic hydroxyl groups excluding tert-OH is 1. The normalized spacial score (nSPS) is 27.6. The highest BCUT2D eigenvalue weighted by atomic mass is 19.4. The minimum absolute atomic E-state index is 0.00729. The lowest BCUT2D eigenvalue weighted by atomic mass is 9.97. The highest BCUT2D eigenvalue weighted by Gasteiger charge is 2.54. The Morgan fingerprint density at radius 1 is 1.13 bits per heavy atom. The Morgan fingerprint density at radius 3 is 2.39 bits per heavy atom. The average Bonchev–Trinajstić information content (AvgIpc) is 2.96. The minimum atomic E-state index is -4.90. The summed E-state index contributed by atoms with van der Waals surface area (Å²) < 4.78 is 87.2. The zero-order valence-corrected chi connectivity index (χ0v) is 26.1. The van der Waals surface area contributed by atoms with Crippen LogP contribution in [-0.2, 0) is 15.7 Å². The number of quaternary nitrogens is 1. The van der Waals surface area contributed by atoms with Gasteiger partial charge in [0.2, 0.25) is 12.2 Å². The number of β-amino-alcohol motifs (C(OH)–C–C–N with tert-alkyl or cyclic N) is 1. The maximum atomic E-state index is 13.9. The molecule has 4 heterocycles. The van der Waals surface area contributed by atoms with Crippen molar-refractivity contribution >= 4 is 11.6 Å². The van der Waals surface area contributed by atoms with Crippen LogP contribution >= 0.6 is 0 Å². The van der Waals surface area contributed by atoms with E-state index in [-0.39, 0.29) is 32.5 Å². The Bertz CT molecular complexity index is 1190. The third-order valence-corrected chi connectivity index (χ3v) is 9.27. The number of amides is 1. The van der Waals surface area contributed by atoms with Crippen molar-refractivity contribution in [2.45, 2.75) is 95.1 Å². The summed E-state index contributed by atoms with van der Waals surface area (Å²) in [5, 5.41) is 24.6. The van der Waals surface area contributed by atoms with Crippen LogP contribution < -0.4 is 21.5 Å². The molecule has 1 aromatic heterocycles. The second kappa shape index (κ2) is 15.6. The van der Waals surface area contributed by atoms with Gasteiger partial charge in [-0.1, -0.05) is 19.3 Å². The molecule has 4 rings (SSSR count). The van der Waals surface area contributed by atoms with E-state index < -0.39 is 65.8 Å². The van der Waals surface area contributed by atoms with E-state index in [9.17, 15) is 41.0 Å². The van der Waals surface area contributed by atoms with Crippen LogP contribution in [0.2, 0.25) is 0 Å². The van der Waals surface area contributed by atoms with Crippen LogP contribution in [0.4, 0.5) is 32.0 Å². The van der Waals surface area contributed by atoms with E-state index in [4.69, 9.17) is 4.74 Å². The summed E-state index contributed by atoms with van der Waals surface area (Å²) in [6.45, 7) is 2.67. The summed E-state index contributed by atoms with van der Waals surface area (Å²) in [7, 11) is 0. The van der Waals surface area contributed by atoms with Gasteiger partial charge in [0.25, 0.3) is 5.56 Å². The van der Waals surface area contributed by atoms with E-state index in [1.54, 1.807) is 5.10 Å². The first kappa shape index (κ1) is 36.4. The van der Waals surface area contributed by atoms with E-state index in [0.29, 0.717) is 30.5 Å². The first-order valence-corrected chi connectivity index (χ1v) is 16.1. The van der Waals surface area contributed by atoms with Crippen LogP contribution in [0, 0.1) is 5.92 Å². The number of carbonyl (C=O) groups is 1. The SMILES string of the molecule is C[C@@H](COCC(=O)N[C@@H]1CCN(C2NCC(C(F)(F)F)C[N+]23CCCCCCCCC3)C[C@H]1O)Nc1cn[nH]c(=O)c1C(F)(F)F. The molecule has 1 aromatic rings. The third kappa shape index (κ3) is 9.55. The number of nitrogens with one attached hydrogen (secondary N) is 4. The number of likely N-dealkylation sites (tertiary alicyclic amines) is 1. The Hall–Kier alpha value is -2.47. The number of halogens is 6. The Kier molecular flexibility index (Phi) is 12.3. The molecule has 3 fully saturated rings. The number of carbonyl (C=O) groups excluding carboxylic acids is 1. The monoisotopic (exact) mass is 670 g/mol. The lowest BCUT2D eigenvalue weighted by molar-refractivity contribution is -0.974. The molecule has 0 aliphatic carbocycles. The maximum absolute atomic E-state index is 13.9. The standard InChI is InChI=1S/C29H45F6N7O4/c1-19(38-22-14-37-40-26(45)25(22)29(33,34)35)17-46-18-24(44)39-21-9-10-41(15-23(21)43)27-36-13-20(28(30,31)32)16-42(27)11-7-5-3-2-4-6-8-12-42/h14,19-21,23,27,36,43H,2-13,15-18H2,1H3,(H2-,38,39,40,44,45)/p+1/t19-,20?,21+,23+,27?/m0/s1. The molecule has 5 atom stereocenters. The molecule has 11 nitrogen and oxygen atoms in total. The van der Waals surface area contributed by atoms with Gasteiger partial charge in [-0.3, -0.25) is 19.4 Å². The molecule has 0 saturated carbocycles. The van der Waals surface area contributed by atoms with Crippen molar-refractivity contribution in [1.29, 1.82) is 0 Å². The van der Waals surface area contributed by atoms with Crippen molar-refractivity contribution in [2.75, 3.05) is 57.8 Å². The smallest absolute Gasteiger partial charge is 0.390 e. The highest BCUT2D eigenvalue weighted by molar-refractivity contribution is 5.77. The van der Waals surface area contributed by atoms with Crippen molar-refractivity contribution < 1.29 is 45.5 Å². The maximum Gasteiger partial charge on any atom is 0.423 e. The molecule has 0 aromatic carbocycles. The summed E-state index contributed by atoms with van der Waals surface area (Å²) in [6, 6.07) is -1.31. The molecular formula is C29H46F6N7O4+.